The number of aryl methyl sites for hydroxylation is 1. The van der Waals surface area contributed by atoms with Gasteiger partial charge >= 0.3 is 0 Å². The SMILES string of the molecule is COc1c(C)cc(Br)c(C)c1C(O)c1csc(Br)c1. The summed E-state index contributed by atoms with van der Waals surface area (Å²) in [6.07, 6.45) is -0.686. The lowest BCUT2D eigenvalue weighted by molar-refractivity contribution is 0.214. The van der Waals surface area contributed by atoms with Crippen molar-refractivity contribution in [2.45, 2.75) is 20.0 Å². The maximum atomic E-state index is 10.6. The normalized spacial score (nSPS) is 12.5. The van der Waals surface area contributed by atoms with Crippen molar-refractivity contribution in [1.82, 2.24) is 0 Å². The molecule has 0 aliphatic rings. The maximum absolute atomic E-state index is 10.6. The molecule has 0 aliphatic carbocycles. The molecule has 19 heavy (non-hydrogen) atoms. The molecular formula is C14H14Br2O2S. The van der Waals surface area contributed by atoms with Crippen LogP contribution in [-0.4, -0.2) is 12.2 Å². The van der Waals surface area contributed by atoms with E-state index in [0.717, 1.165) is 36.3 Å². The Morgan fingerprint density at radius 3 is 2.47 bits per heavy atom. The molecule has 0 saturated carbocycles. The van der Waals surface area contributed by atoms with Crippen LogP contribution < -0.4 is 4.74 Å². The summed E-state index contributed by atoms with van der Waals surface area (Å²) in [7, 11) is 1.63. The summed E-state index contributed by atoms with van der Waals surface area (Å²) in [5.74, 6) is 0.746. The second-order valence-electron chi connectivity index (χ2n) is 4.33. The largest absolute Gasteiger partial charge is 0.496 e. The van der Waals surface area contributed by atoms with Crippen LogP contribution in [0.25, 0.3) is 0 Å². The highest BCUT2D eigenvalue weighted by molar-refractivity contribution is 9.11. The van der Waals surface area contributed by atoms with Gasteiger partial charge in [0, 0.05) is 10.0 Å². The third-order valence-corrected chi connectivity index (χ3v) is 5.44. The molecule has 0 bridgehead atoms. The zero-order valence-electron chi connectivity index (χ0n) is 10.8. The second kappa shape index (κ2) is 5.95. The van der Waals surface area contributed by atoms with Gasteiger partial charge in [0.15, 0.2) is 0 Å². The van der Waals surface area contributed by atoms with Gasteiger partial charge in [0.1, 0.15) is 11.9 Å². The lowest BCUT2D eigenvalue weighted by atomic mass is 9.96. The zero-order valence-corrected chi connectivity index (χ0v) is 14.8. The van der Waals surface area contributed by atoms with E-state index in [1.165, 1.54) is 0 Å². The highest BCUT2D eigenvalue weighted by atomic mass is 79.9. The van der Waals surface area contributed by atoms with Crippen LogP contribution in [0.5, 0.6) is 5.75 Å². The van der Waals surface area contributed by atoms with Crippen molar-refractivity contribution < 1.29 is 9.84 Å². The average molecular weight is 406 g/mol. The number of halogens is 2. The Labute approximate surface area is 133 Å². The van der Waals surface area contributed by atoms with E-state index in [2.05, 4.69) is 31.9 Å². The molecule has 1 unspecified atom stereocenters. The highest BCUT2D eigenvalue weighted by Crippen LogP contribution is 2.40. The molecule has 0 amide bonds. The Balaban J connectivity index is 2.60. The fourth-order valence-corrected chi connectivity index (χ4v) is 3.86. The summed E-state index contributed by atoms with van der Waals surface area (Å²) in [5, 5.41) is 12.6. The van der Waals surface area contributed by atoms with Gasteiger partial charge in [-0.1, -0.05) is 15.9 Å². The summed E-state index contributed by atoms with van der Waals surface area (Å²) in [4.78, 5) is 0. The van der Waals surface area contributed by atoms with Crippen molar-refractivity contribution in [2.24, 2.45) is 0 Å². The van der Waals surface area contributed by atoms with Gasteiger partial charge in [-0.2, -0.15) is 0 Å². The molecule has 2 nitrogen and oxygen atoms in total. The number of thiophene rings is 1. The maximum Gasteiger partial charge on any atom is 0.128 e. The standard InChI is InChI=1S/C14H14Br2O2S/c1-7-4-10(15)8(2)12(14(7)18-3)13(17)9-5-11(16)19-6-9/h4-6,13,17H,1-3H3. The van der Waals surface area contributed by atoms with Crippen molar-refractivity contribution >= 4 is 43.2 Å². The molecule has 102 valence electrons. The number of methoxy groups -OCH3 is 1. The number of hydrogen-bond acceptors (Lipinski definition) is 3. The van der Waals surface area contributed by atoms with Crippen molar-refractivity contribution in [3.8, 4) is 5.75 Å². The third kappa shape index (κ3) is 2.89. The van der Waals surface area contributed by atoms with E-state index < -0.39 is 6.10 Å². The smallest absolute Gasteiger partial charge is 0.128 e. The molecular weight excluding hydrogens is 392 g/mol. The Morgan fingerprint density at radius 2 is 1.95 bits per heavy atom. The zero-order chi connectivity index (χ0) is 14.2. The first-order valence-corrected chi connectivity index (χ1v) is 8.17. The quantitative estimate of drug-likeness (QED) is 0.780. The average Bonchev–Trinajstić information content (AvgIpc) is 2.79. The predicted molar refractivity (Wildman–Crippen MR) is 86.2 cm³/mol. The number of rotatable bonds is 3. The Kier molecular flexibility index (Phi) is 4.71. The van der Waals surface area contributed by atoms with Crippen LogP contribution in [0, 0.1) is 13.8 Å². The first kappa shape index (κ1) is 15.0. The van der Waals surface area contributed by atoms with Gasteiger partial charge in [-0.25, -0.2) is 0 Å². The second-order valence-corrected chi connectivity index (χ2v) is 7.48. The molecule has 2 aromatic rings. The van der Waals surface area contributed by atoms with Crippen LogP contribution in [0.3, 0.4) is 0 Å². The van der Waals surface area contributed by atoms with Gasteiger partial charge in [-0.15, -0.1) is 11.3 Å². The Morgan fingerprint density at radius 1 is 1.26 bits per heavy atom. The molecule has 0 saturated heterocycles. The first-order valence-electron chi connectivity index (χ1n) is 5.71. The minimum atomic E-state index is -0.686. The third-order valence-electron chi connectivity index (χ3n) is 3.09. The molecule has 0 aliphatic heterocycles. The van der Waals surface area contributed by atoms with E-state index in [1.54, 1.807) is 18.4 Å². The molecule has 5 heteroatoms. The number of benzene rings is 1. The van der Waals surface area contributed by atoms with Gasteiger partial charge in [0.05, 0.1) is 10.9 Å². The van der Waals surface area contributed by atoms with Gasteiger partial charge in [-0.3, -0.25) is 0 Å². The van der Waals surface area contributed by atoms with Gasteiger partial charge < -0.3 is 9.84 Å². The molecule has 2 rings (SSSR count). The lowest BCUT2D eigenvalue weighted by Gasteiger charge is -2.20. The van der Waals surface area contributed by atoms with Crippen molar-refractivity contribution in [1.29, 1.82) is 0 Å². The van der Waals surface area contributed by atoms with Gasteiger partial charge in [0.2, 0.25) is 0 Å². The van der Waals surface area contributed by atoms with Crippen LogP contribution >= 0.6 is 43.2 Å². The van der Waals surface area contributed by atoms with Crippen LogP contribution in [0.15, 0.2) is 25.8 Å². The molecule has 0 radical (unpaired) electrons. The minimum Gasteiger partial charge on any atom is -0.496 e. The topological polar surface area (TPSA) is 29.5 Å². The molecule has 1 atom stereocenters. The summed E-state index contributed by atoms with van der Waals surface area (Å²) in [6, 6.07) is 3.94. The molecule has 1 aromatic carbocycles. The number of hydrogen-bond donors (Lipinski definition) is 1. The Bertz CT molecular complexity index is 608. The van der Waals surface area contributed by atoms with Crippen molar-refractivity contribution in [3.63, 3.8) is 0 Å². The van der Waals surface area contributed by atoms with Crippen LogP contribution in [-0.2, 0) is 0 Å². The minimum absolute atomic E-state index is 0.686. The number of aliphatic hydroxyl groups is 1. The molecule has 1 aromatic heterocycles. The molecule has 1 heterocycles. The van der Waals surface area contributed by atoms with Crippen molar-refractivity contribution in [2.75, 3.05) is 7.11 Å². The van der Waals surface area contributed by atoms with Gasteiger partial charge in [0.25, 0.3) is 0 Å². The molecule has 1 N–H and O–H groups in total. The molecule has 0 fully saturated rings. The summed E-state index contributed by atoms with van der Waals surface area (Å²) in [6.45, 7) is 3.95. The Hall–Kier alpha value is -0.360. The van der Waals surface area contributed by atoms with E-state index in [0.29, 0.717) is 0 Å². The monoisotopic (exact) mass is 404 g/mol. The fraction of sp³-hybridized carbons (Fsp3) is 0.286. The lowest BCUT2D eigenvalue weighted by Crippen LogP contribution is -2.06. The predicted octanol–water partition coefficient (Wildman–Crippen LogP) is 4.98. The van der Waals surface area contributed by atoms with Crippen LogP contribution in [0.4, 0.5) is 0 Å². The summed E-state index contributed by atoms with van der Waals surface area (Å²) in [5.41, 5.74) is 3.69. The number of ether oxygens (including phenoxy) is 1. The van der Waals surface area contributed by atoms with E-state index in [-0.39, 0.29) is 0 Å². The van der Waals surface area contributed by atoms with E-state index in [1.807, 2.05) is 31.4 Å². The van der Waals surface area contributed by atoms with Crippen molar-refractivity contribution in [3.05, 3.63) is 48.0 Å². The first-order chi connectivity index (χ1) is 8.95. The van der Waals surface area contributed by atoms with E-state index >= 15 is 0 Å². The fourth-order valence-electron chi connectivity index (χ4n) is 2.11. The summed E-state index contributed by atoms with van der Waals surface area (Å²) < 4.78 is 7.46. The molecule has 0 spiro atoms. The van der Waals surface area contributed by atoms with E-state index in [9.17, 15) is 5.11 Å². The van der Waals surface area contributed by atoms with Gasteiger partial charge in [-0.05, 0) is 64.0 Å². The van der Waals surface area contributed by atoms with Crippen LogP contribution in [0.1, 0.15) is 28.4 Å². The van der Waals surface area contributed by atoms with E-state index in [4.69, 9.17) is 4.74 Å². The summed E-state index contributed by atoms with van der Waals surface area (Å²) >= 11 is 8.52. The van der Waals surface area contributed by atoms with Crippen LogP contribution in [0.2, 0.25) is 0 Å². The number of aliphatic hydroxyl groups excluding tert-OH is 1. The highest BCUT2D eigenvalue weighted by Gasteiger charge is 2.22.